The third kappa shape index (κ3) is 5.57. The van der Waals surface area contributed by atoms with Crippen molar-refractivity contribution in [1.82, 2.24) is 10.6 Å². The topological polar surface area (TPSA) is 90.9 Å². The third-order valence-electron chi connectivity index (χ3n) is 4.81. The number of anilines is 1. The first-order chi connectivity index (χ1) is 13.9. The number of aliphatic imine (C=N–C) groups is 1. The van der Waals surface area contributed by atoms with E-state index in [1.54, 1.807) is 24.1 Å². The molecule has 1 unspecified atom stereocenters. The molecule has 1 heterocycles. The SMILES string of the molecule is CN=C(NCCc1ccc(S(C)(=O)=O)cc1)NC1CC(=O)N(c2ccccc2)C1. The van der Waals surface area contributed by atoms with Gasteiger partial charge < -0.3 is 15.5 Å². The van der Waals surface area contributed by atoms with E-state index in [4.69, 9.17) is 0 Å². The Balaban J connectivity index is 1.49. The lowest BCUT2D eigenvalue weighted by atomic mass is 10.1. The van der Waals surface area contributed by atoms with E-state index in [0.29, 0.717) is 30.4 Å². The molecule has 0 spiro atoms. The average molecular weight is 415 g/mol. The Morgan fingerprint density at radius 1 is 1.14 bits per heavy atom. The van der Waals surface area contributed by atoms with Crippen molar-refractivity contribution in [2.45, 2.75) is 23.8 Å². The highest BCUT2D eigenvalue weighted by Gasteiger charge is 2.30. The zero-order valence-electron chi connectivity index (χ0n) is 16.6. The summed E-state index contributed by atoms with van der Waals surface area (Å²) in [5, 5.41) is 6.56. The number of rotatable bonds is 6. The van der Waals surface area contributed by atoms with E-state index >= 15 is 0 Å². The molecule has 2 aromatic carbocycles. The monoisotopic (exact) mass is 414 g/mol. The summed E-state index contributed by atoms with van der Waals surface area (Å²) in [5.41, 5.74) is 1.94. The zero-order valence-corrected chi connectivity index (χ0v) is 17.4. The number of hydrogen-bond donors (Lipinski definition) is 2. The van der Waals surface area contributed by atoms with Crippen molar-refractivity contribution >= 4 is 27.4 Å². The number of carbonyl (C=O) groups excluding carboxylic acids is 1. The fraction of sp³-hybridized carbons (Fsp3) is 0.333. The number of hydrogen-bond acceptors (Lipinski definition) is 4. The minimum absolute atomic E-state index is 0.0112. The lowest BCUT2D eigenvalue weighted by Crippen LogP contribution is -2.45. The van der Waals surface area contributed by atoms with Crippen LogP contribution >= 0.6 is 0 Å². The quantitative estimate of drug-likeness (QED) is 0.554. The molecule has 1 fully saturated rings. The zero-order chi connectivity index (χ0) is 20.9. The second kappa shape index (κ2) is 9.09. The highest BCUT2D eigenvalue weighted by molar-refractivity contribution is 7.90. The Morgan fingerprint density at radius 2 is 1.83 bits per heavy atom. The summed E-state index contributed by atoms with van der Waals surface area (Å²) in [7, 11) is -1.48. The maximum absolute atomic E-state index is 12.3. The van der Waals surface area contributed by atoms with Gasteiger partial charge in [-0.1, -0.05) is 30.3 Å². The molecule has 7 nitrogen and oxygen atoms in total. The smallest absolute Gasteiger partial charge is 0.229 e. The molecule has 1 saturated heterocycles. The molecule has 1 atom stereocenters. The largest absolute Gasteiger partial charge is 0.356 e. The van der Waals surface area contributed by atoms with Crippen LogP contribution in [0.2, 0.25) is 0 Å². The van der Waals surface area contributed by atoms with Crippen LogP contribution in [-0.2, 0) is 21.1 Å². The fourth-order valence-corrected chi connectivity index (χ4v) is 3.91. The van der Waals surface area contributed by atoms with Crippen LogP contribution in [0.1, 0.15) is 12.0 Å². The van der Waals surface area contributed by atoms with E-state index in [2.05, 4.69) is 15.6 Å². The molecule has 1 aliphatic heterocycles. The van der Waals surface area contributed by atoms with E-state index in [9.17, 15) is 13.2 Å². The van der Waals surface area contributed by atoms with Gasteiger partial charge >= 0.3 is 0 Å². The summed E-state index contributed by atoms with van der Waals surface area (Å²) < 4.78 is 23.0. The number of sulfone groups is 1. The molecule has 0 radical (unpaired) electrons. The van der Waals surface area contributed by atoms with Crippen molar-refractivity contribution in [3.8, 4) is 0 Å². The molecule has 2 aromatic rings. The number of carbonyl (C=O) groups is 1. The molecule has 0 aromatic heterocycles. The van der Waals surface area contributed by atoms with Crippen LogP contribution in [-0.4, -0.2) is 52.7 Å². The van der Waals surface area contributed by atoms with Gasteiger partial charge in [-0.15, -0.1) is 0 Å². The maximum atomic E-state index is 12.3. The van der Waals surface area contributed by atoms with Crippen LogP contribution in [0.5, 0.6) is 0 Å². The maximum Gasteiger partial charge on any atom is 0.229 e. The molecular weight excluding hydrogens is 388 g/mol. The number of amides is 1. The first-order valence-electron chi connectivity index (χ1n) is 9.48. The van der Waals surface area contributed by atoms with Gasteiger partial charge in [0, 0.05) is 38.5 Å². The highest BCUT2D eigenvalue weighted by atomic mass is 32.2. The van der Waals surface area contributed by atoms with Crippen LogP contribution in [0.15, 0.2) is 64.5 Å². The van der Waals surface area contributed by atoms with Gasteiger partial charge in [0.15, 0.2) is 15.8 Å². The molecule has 8 heteroatoms. The predicted molar refractivity (Wildman–Crippen MR) is 115 cm³/mol. The van der Waals surface area contributed by atoms with Crippen LogP contribution in [0.25, 0.3) is 0 Å². The van der Waals surface area contributed by atoms with Crippen LogP contribution in [0.4, 0.5) is 5.69 Å². The summed E-state index contributed by atoms with van der Waals surface area (Å²) in [5.74, 6) is 0.737. The van der Waals surface area contributed by atoms with E-state index in [0.717, 1.165) is 17.7 Å². The average Bonchev–Trinajstić information content (AvgIpc) is 3.07. The molecule has 29 heavy (non-hydrogen) atoms. The molecule has 154 valence electrons. The molecule has 0 saturated carbocycles. The third-order valence-corrected chi connectivity index (χ3v) is 5.94. The normalized spacial score (nSPS) is 17.4. The van der Waals surface area contributed by atoms with Gasteiger partial charge in [0.2, 0.25) is 5.91 Å². The molecule has 1 aliphatic rings. The van der Waals surface area contributed by atoms with E-state index < -0.39 is 9.84 Å². The van der Waals surface area contributed by atoms with Gasteiger partial charge in [0.1, 0.15) is 0 Å². The number of nitrogens with one attached hydrogen (secondary N) is 2. The Bertz CT molecular complexity index is 973. The van der Waals surface area contributed by atoms with Gasteiger partial charge in [0.25, 0.3) is 0 Å². The first kappa shape index (κ1) is 20.9. The number of guanidine groups is 1. The molecule has 2 N–H and O–H groups in total. The first-order valence-corrected chi connectivity index (χ1v) is 11.4. The summed E-state index contributed by atoms with van der Waals surface area (Å²) in [4.78, 5) is 18.7. The number of benzene rings is 2. The molecule has 3 rings (SSSR count). The van der Waals surface area contributed by atoms with Crippen LogP contribution in [0, 0.1) is 0 Å². The summed E-state index contributed by atoms with van der Waals surface area (Å²) in [6.45, 7) is 1.23. The molecular formula is C21H26N4O3S. The minimum atomic E-state index is -3.18. The van der Waals surface area contributed by atoms with Gasteiger partial charge in [-0.05, 0) is 36.2 Å². The van der Waals surface area contributed by atoms with Crippen molar-refractivity contribution in [3.63, 3.8) is 0 Å². The highest BCUT2D eigenvalue weighted by Crippen LogP contribution is 2.20. The summed E-state index contributed by atoms with van der Waals surface area (Å²) in [6.07, 6.45) is 2.35. The van der Waals surface area contributed by atoms with E-state index in [1.165, 1.54) is 6.26 Å². The predicted octanol–water partition coefficient (Wildman–Crippen LogP) is 1.60. The summed E-state index contributed by atoms with van der Waals surface area (Å²) in [6, 6.07) is 16.5. The standard InChI is InChI=1S/C21H26N4O3S/c1-22-21(23-13-12-16-8-10-19(11-9-16)29(2,27)28)24-17-14-20(26)25(15-17)18-6-4-3-5-7-18/h3-11,17H,12-15H2,1-2H3,(H2,22,23,24). The van der Waals surface area contributed by atoms with Crippen molar-refractivity contribution in [3.05, 3.63) is 60.2 Å². The summed E-state index contributed by atoms with van der Waals surface area (Å²) >= 11 is 0. The van der Waals surface area contributed by atoms with Crippen molar-refractivity contribution in [2.75, 3.05) is 31.3 Å². The Hall–Kier alpha value is -2.87. The van der Waals surface area contributed by atoms with Crippen LogP contribution in [0.3, 0.4) is 0 Å². The minimum Gasteiger partial charge on any atom is -0.356 e. The van der Waals surface area contributed by atoms with Crippen molar-refractivity contribution in [2.24, 2.45) is 4.99 Å². The van der Waals surface area contributed by atoms with Crippen molar-refractivity contribution in [1.29, 1.82) is 0 Å². The second-order valence-corrected chi connectivity index (χ2v) is 9.07. The molecule has 1 amide bonds. The van der Waals surface area contributed by atoms with Crippen molar-refractivity contribution < 1.29 is 13.2 Å². The van der Waals surface area contributed by atoms with Crippen LogP contribution < -0.4 is 15.5 Å². The van der Waals surface area contributed by atoms with Gasteiger partial charge in [-0.25, -0.2) is 8.42 Å². The Kier molecular flexibility index (Phi) is 6.53. The molecule has 0 bridgehead atoms. The fourth-order valence-electron chi connectivity index (χ4n) is 3.28. The Labute approximate surface area is 171 Å². The van der Waals surface area contributed by atoms with Gasteiger partial charge in [-0.2, -0.15) is 0 Å². The second-order valence-electron chi connectivity index (χ2n) is 7.05. The van der Waals surface area contributed by atoms with E-state index in [-0.39, 0.29) is 11.9 Å². The molecule has 0 aliphatic carbocycles. The van der Waals surface area contributed by atoms with Gasteiger partial charge in [-0.3, -0.25) is 9.79 Å². The number of nitrogens with zero attached hydrogens (tertiary/aromatic N) is 2. The lowest BCUT2D eigenvalue weighted by Gasteiger charge is -2.19. The lowest BCUT2D eigenvalue weighted by molar-refractivity contribution is -0.117. The number of para-hydroxylation sites is 1. The van der Waals surface area contributed by atoms with E-state index in [1.807, 2.05) is 42.5 Å². The van der Waals surface area contributed by atoms with Gasteiger partial charge in [0.05, 0.1) is 10.9 Å². The Morgan fingerprint density at radius 3 is 2.45 bits per heavy atom.